The molecule has 52 valence electrons. The van der Waals surface area contributed by atoms with Crippen LogP contribution in [0.25, 0.3) is 0 Å². The Bertz CT molecular complexity index is 197. The molecule has 1 heterocycles. The van der Waals surface area contributed by atoms with Crippen molar-refractivity contribution in [2.45, 2.75) is 6.92 Å². The van der Waals surface area contributed by atoms with Gasteiger partial charge in [0.1, 0.15) is 7.85 Å². The largest absolute Gasteiger partial charge is 0.355 e. The summed E-state index contributed by atoms with van der Waals surface area (Å²) in [6.45, 7) is 2.88. The standard InChI is InChI=1S/C6H10BN3/c1-2-8-6-9-3-5(7)4-10-6/h3-4H,2,7H2,1H3,(H,8,9,10). The smallest absolute Gasteiger partial charge is 0.222 e. The second-order valence-corrected chi connectivity index (χ2v) is 2.11. The zero-order valence-electron chi connectivity index (χ0n) is 6.26. The van der Waals surface area contributed by atoms with E-state index < -0.39 is 0 Å². The maximum Gasteiger partial charge on any atom is 0.222 e. The lowest BCUT2D eigenvalue weighted by molar-refractivity contribution is 1.09. The summed E-state index contributed by atoms with van der Waals surface area (Å²) in [5, 5.41) is 3.01. The molecule has 0 saturated carbocycles. The second-order valence-electron chi connectivity index (χ2n) is 2.11. The highest BCUT2D eigenvalue weighted by atomic mass is 15.1. The molecular formula is C6H10BN3. The third-order valence-corrected chi connectivity index (χ3v) is 1.12. The van der Waals surface area contributed by atoms with Crippen LogP contribution in [0.4, 0.5) is 5.95 Å². The minimum absolute atomic E-state index is 0.702. The summed E-state index contributed by atoms with van der Waals surface area (Å²) in [5.74, 6) is 0.702. The maximum atomic E-state index is 4.05. The number of anilines is 1. The molecule has 1 rings (SSSR count). The van der Waals surface area contributed by atoms with Gasteiger partial charge < -0.3 is 5.32 Å². The van der Waals surface area contributed by atoms with Gasteiger partial charge in [0.25, 0.3) is 0 Å². The van der Waals surface area contributed by atoms with E-state index >= 15 is 0 Å². The average Bonchev–Trinajstić information content (AvgIpc) is 1.95. The first-order valence-corrected chi connectivity index (χ1v) is 3.35. The van der Waals surface area contributed by atoms with Crippen LogP contribution in [0.5, 0.6) is 0 Å². The van der Waals surface area contributed by atoms with Crippen LogP contribution in [-0.4, -0.2) is 24.4 Å². The van der Waals surface area contributed by atoms with E-state index in [2.05, 4.69) is 15.3 Å². The molecule has 0 aliphatic heterocycles. The first kappa shape index (κ1) is 7.06. The Morgan fingerprint density at radius 3 is 2.60 bits per heavy atom. The van der Waals surface area contributed by atoms with Gasteiger partial charge in [0.2, 0.25) is 5.95 Å². The number of hydrogen-bond acceptors (Lipinski definition) is 3. The Hall–Kier alpha value is -1.06. The molecule has 0 unspecified atom stereocenters. The average molecular weight is 135 g/mol. The maximum absolute atomic E-state index is 4.05. The summed E-state index contributed by atoms with van der Waals surface area (Å²) in [6, 6.07) is 0. The van der Waals surface area contributed by atoms with Gasteiger partial charge in [-0.15, -0.1) is 0 Å². The van der Waals surface area contributed by atoms with Crippen molar-refractivity contribution in [1.29, 1.82) is 0 Å². The first-order valence-electron chi connectivity index (χ1n) is 3.35. The predicted octanol–water partition coefficient (Wildman–Crippen LogP) is -0.833. The fraction of sp³-hybridized carbons (Fsp3) is 0.333. The van der Waals surface area contributed by atoms with Crippen LogP contribution in [-0.2, 0) is 0 Å². The van der Waals surface area contributed by atoms with Crippen molar-refractivity contribution in [3.8, 4) is 0 Å². The van der Waals surface area contributed by atoms with E-state index in [1.54, 1.807) is 12.4 Å². The summed E-state index contributed by atoms with van der Waals surface area (Å²) in [5.41, 5.74) is 1.08. The number of nitrogens with one attached hydrogen (secondary N) is 1. The molecule has 1 aromatic rings. The zero-order chi connectivity index (χ0) is 7.40. The molecule has 0 fully saturated rings. The van der Waals surface area contributed by atoms with Gasteiger partial charge in [-0.2, -0.15) is 0 Å². The Morgan fingerprint density at radius 1 is 1.50 bits per heavy atom. The van der Waals surface area contributed by atoms with Gasteiger partial charge in [0.05, 0.1) is 0 Å². The van der Waals surface area contributed by atoms with Gasteiger partial charge in [-0.1, -0.05) is 5.46 Å². The van der Waals surface area contributed by atoms with Crippen molar-refractivity contribution in [2.24, 2.45) is 0 Å². The summed E-state index contributed by atoms with van der Waals surface area (Å²) in [7, 11) is 1.97. The molecule has 0 aliphatic rings. The zero-order valence-corrected chi connectivity index (χ0v) is 6.26. The molecule has 10 heavy (non-hydrogen) atoms. The summed E-state index contributed by atoms with van der Waals surface area (Å²) < 4.78 is 0. The molecule has 1 aromatic heterocycles. The van der Waals surface area contributed by atoms with E-state index in [4.69, 9.17) is 0 Å². The van der Waals surface area contributed by atoms with Crippen LogP contribution >= 0.6 is 0 Å². The molecule has 0 saturated heterocycles. The minimum atomic E-state index is 0.702. The van der Waals surface area contributed by atoms with Gasteiger partial charge in [-0.05, 0) is 6.92 Å². The van der Waals surface area contributed by atoms with Crippen molar-refractivity contribution >= 4 is 19.3 Å². The highest BCUT2D eigenvalue weighted by Crippen LogP contribution is 1.89. The fourth-order valence-corrected chi connectivity index (χ4v) is 0.642. The van der Waals surface area contributed by atoms with E-state index in [0.29, 0.717) is 5.95 Å². The van der Waals surface area contributed by atoms with Gasteiger partial charge in [0.15, 0.2) is 0 Å². The molecule has 1 N–H and O–H groups in total. The van der Waals surface area contributed by atoms with Crippen LogP contribution in [0.15, 0.2) is 12.4 Å². The van der Waals surface area contributed by atoms with Crippen molar-refractivity contribution in [1.82, 2.24) is 9.97 Å². The van der Waals surface area contributed by atoms with E-state index in [1.165, 1.54) is 0 Å². The lowest BCUT2D eigenvalue weighted by Gasteiger charge is -1.98. The van der Waals surface area contributed by atoms with Crippen molar-refractivity contribution < 1.29 is 0 Å². The number of aromatic nitrogens is 2. The Labute approximate surface area is 61.3 Å². The van der Waals surface area contributed by atoms with Crippen molar-refractivity contribution in [2.75, 3.05) is 11.9 Å². The van der Waals surface area contributed by atoms with Crippen LogP contribution in [0.1, 0.15) is 6.92 Å². The van der Waals surface area contributed by atoms with Crippen LogP contribution in [0.2, 0.25) is 0 Å². The lowest BCUT2D eigenvalue weighted by atomic mass is 10.0. The van der Waals surface area contributed by atoms with Crippen LogP contribution in [0, 0.1) is 0 Å². The normalized spacial score (nSPS) is 9.30. The highest BCUT2D eigenvalue weighted by molar-refractivity contribution is 6.31. The van der Waals surface area contributed by atoms with Gasteiger partial charge in [-0.25, -0.2) is 9.97 Å². The van der Waals surface area contributed by atoms with Crippen molar-refractivity contribution in [3.63, 3.8) is 0 Å². The summed E-state index contributed by atoms with van der Waals surface area (Å²) >= 11 is 0. The Balaban J connectivity index is 2.69. The van der Waals surface area contributed by atoms with E-state index in [1.807, 2.05) is 14.8 Å². The Kier molecular flexibility index (Phi) is 2.26. The van der Waals surface area contributed by atoms with Crippen LogP contribution < -0.4 is 10.8 Å². The number of hydrogen-bond donors (Lipinski definition) is 1. The molecule has 0 aliphatic carbocycles. The molecule has 0 spiro atoms. The molecule has 0 amide bonds. The Morgan fingerprint density at radius 2 is 2.10 bits per heavy atom. The monoisotopic (exact) mass is 135 g/mol. The molecule has 0 aromatic carbocycles. The van der Waals surface area contributed by atoms with Gasteiger partial charge >= 0.3 is 0 Å². The fourth-order valence-electron chi connectivity index (χ4n) is 0.642. The SMILES string of the molecule is Bc1cnc(NCC)nc1. The van der Waals surface area contributed by atoms with Crippen LogP contribution in [0.3, 0.4) is 0 Å². The topological polar surface area (TPSA) is 37.8 Å². The molecule has 0 radical (unpaired) electrons. The highest BCUT2D eigenvalue weighted by Gasteiger charge is 1.89. The van der Waals surface area contributed by atoms with Crippen molar-refractivity contribution in [3.05, 3.63) is 12.4 Å². The van der Waals surface area contributed by atoms with Gasteiger partial charge in [-0.3, -0.25) is 0 Å². The number of nitrogens with zero attached hydrogens (tertiary/aromatic N) is 2. The second kappa shape index (κ2) is 3.20. The van der Waals surface area contributed by atoms with E-state index in [0.717, 1.165) is 12.0 Å². The molecule has 0 atom stereocenters. The molecule has 3 nitrogen and oxygen atoms in total. The first-order chi connectivity index (χ1) is 4.83. The molecule has 0 bridgehead atoms. The third-order valence-electron chi connectivity index (χ3n) is 1.12. The molecule has 4 heteroatoms. The summed E-state index contributed by atoms with van der Waals surface area (Å²) in [6.07, 6.45) is 3.59. The summed E-state index contributed by atoms with van der Waals surface area (Å²) in [4.78, 5) is 8.09. The molecular weight excluding hydrogens is 125 g/mol. The predicted molar refractivity (Wildman–Crippen MR) is 44.4 cm³/mol. The number of rotatable bonds is 2. The quantitative estimate of drug-likeness (QED) is 0.537. The lowest BCUT2D eigenvalue weighted by Crippen LogP contribution is -2.08. The van der Waals surface area contributed by atoms with E-state index in [9.17, 15) is 0 Å². The third kappa shape index (κ3) is 1.72. The van der Waals surface area contributed by atoms with E-state index in [-0.39, 0.29) is 0 Å². The van der Waals surface area contributed by atoms with Gasteiger partial charge in [0, 0.05) is 18.9 Å². The minimum Gasteiger partial charge on any atom is -0.355 e.